The number of aromatic nitrogens is 4. The van der Waals surface area contributed by atoms with Gasteiger partial charge in [0.25, 0.3) is 0 Å². The molecule has 41 heavy (non-hydrogen) atoms. The van der Waals surface area contributed by atoms with Gasteiger partial charge in [0.05, 0.1) is 18.8 Å². The lowest BCUT2D eigenvalue weighted by atomic mass is 9.92. The van der Waals surface area contributed by atoms with Gasteiger partial charge in [-0.15, -0.1) is 11.3 Å². The number of hydrogen-bond acceptors (Lipinski definition) is 8. The molecule has 2 aliphatic heterocycles. The Kier molecular flexibility index (Phi) is 5.63. The summed E-state index contributed by atoms with van der Waals surface area (Å²) in [6.07, 6.45) is 4.63. The monoisotopic (exact) mass is 559 g/mol. The van der Waals surface area contributed by atoms with E-state index < -0.39 is 0 Å². The molecule has 0 spiro atoms. The summed E-state index contributed by atoms with van der Waals surface area (Å²) < 4.78 is 16.6. The first-order chi connectivity index (χ1) is 20.2. The highest BCUT2D eigenvalue weighted by molar-refractivity contribution is 7.13. The molecule has 5 heterocycles. The Hall–Kier alpha value is -4.89. The molecular formula is C32H25N5O3S. The molecule has 202 valence electrons. The Bertz CT molecular complexity index is 1880. The standard InChI is InChI=1S/C32H25N5O3S/c1-38-22-9-6-19(7-10-22)26-17-41-31(36-26)21-15-33-32(34-16-21)37-13-12-24-23-4-2-3-5-25(23)35-29(24)30(37)20-8-11-27-28(14-20)40-18-39-27/h2-11,14-17,30,35H,12-13,18H2,1H3. The first kappa shape index (κ1) is 24.0. The molecule has 0 saturated carbocycles. The van der Waals surface area contributed by atoms with E-state index in [4.69, 9.17) is 29.2 Å². The van der Waals surface area contributed by atoms with Crippen molar-refractivity contribution < 1.29 is 14.2 Å². The molecule has 8 nitrogen and oxygen atoms in total. The van der Waals surface area contributed by atoms with Crippen LogP contribution >= 0.6 is 11.3 Å². The van der Waals surface area contributed by atoms with Gasteiger partial charge in [-0.2, -0.15) is 0 Å². The first-order valence-electron chi connectivity index (χ1n) is 13.4. The Balaban J connectivity index is 1.15. The smallest absolute Gasteiger partial charge is 0.231 e. The number of anilines is 1. The van der Waals surface area contributed by atoms with Crippen LogP contribution in [0, 0.1) is 0 Å². The highest BCUT2D eigenvalue weighted by Crippen LogP contribution is 2.43. The number of ether oxygens (including phenoxy) is 3. The van der Waals surface area contributed by atoms with Gasteiger partial charge in [0, 0.05) is 52.0 Å². The number of rotatable bonds is 5. The fourth-order valence-corrected chi connectivity index (χ4v) is 6.57. The lowest BCUT2D eigenvalue weighted by molar-refractivity contribution is 0.174. The molecule has 1 N–H and O–H groups in total. The van der Waals surface area contributed by atoms with E-state index in [0.29, 0.717) is 5.95 Å². The summed E-state index contributed by atoms with van der Waals surface area (Å²) in [7, 11) is 1.67. The summed E-state index contributed by atoms with van der Waals surface area (Å²) in [5, 5.41) is 4.20. The number of aromatic amines is 1. The maximum atomic E-state index is 5.73. The van der Waals surface area contributed by atoms with E-state index in [1.807, 2.05) is 42.7 Å². The van der Waals surface area contributed by atoms with Gasteiger partial charge >= 0.3 is 0 Å². The van der Waals surface area contributed by atoms with Crippen molar-refractivity contribution in [2.45, 2.75) is 12.5 Å². The second-order valence-electron chi connectivity index (χ2n) is 10.1. The zero-order chi connectivity index (χ0) is 27.3. The number of para-hydroxylation sites is 1. The van der Waals surface area contributed by atoms with Crippen molar-refractivity contribution in [1.82, 2.24) is 19.9 Å². The summed E-state index contributed by atoms with van der Waals surface area (Å²) in [6, 6.07) is 22.5. The molecule has 0 saturated heterocycles. The van der Waals surface area contributed by atoms with E-state index >= 15 is 0 Å². The molecule has 2 aliphatic rings. The number of methoxy groups -OCH3 is 1. The minimum Gasteiger partial charge on any atom is -0.497 e. The normalized spacial score (nSPS) is 15.7. The summed E-state index contributed by atoms with van der Waals surface area (Å²) in [6.45, 7) is 1.03. The Labute approximate surface area is 240 Å². The SMILES string of the molecule is COc1ccc(-c2csc(-c3cnc(N4CCc5c([nH]c6ccccc56)C4c4ccc5c(c4)OCO5)nc3)n2)cc1. The van der Waals surface area contributed by atoms with Crippen molar-refractivity contribution >= 4 is 28.2 Å². The predicted molar refractivity (Wildman–Crippen MR) is 159 cm³/mol. The van der Waals surface area contributed by atoms with Crippen LogP contribution in [0.1, 0.15) is 22.9 Å². The molecule has 0 bridgehead atoms. The first-order valence-corrected chi connectivity index (χ1v) is 14.3. The van der Waals surface area contributed by atoms with E-state index in [1.165, 1.54) is 10.9 Å². The summed E-state index contributed by atoms with van der Waals surface area (Å²) in [5.74, 6) is 3.03. The number of fused-ring (bicyclic) bond motifs is 4. The zero-order valence-electron chi connectivity index (χ0n) is 22.2. The molecule has 0 radical (unpaired) electrons. The third-order valence-corrected chi connectivity index (χ3v) is 8.67. The maximum absolute atomic E-state index is 5.73. The molecule has 6 aromatic rings. The van der Waals surface area contributed by atoms with Gasteiger partial charge in [-0.1, -0.05) is 24.3 Å². The molecular weight excluding hydrogens is 534 g/mol. The molecule has 0 fully saturated rings. The van der Waals surface area contributed by atoms with Crippen molar-refractivity contribution in [3.8, 4) is 39.1 Å². The number of benzene rings is 3. The van der Waals surface area contributed by atoms with E-state index in [1.54, 1.807) is 18.4 Å². The average molecular weight is 560 g/mol. The second-order valence-corrected chi connectivity index (χ2v) is 10.9. The van der Waals surface area contributed by atoms with Crippen molar-refractivity contribution in [2.75, 3.05) is 25.3 Å². The van der Waals surface area contributed by atoms with E-state index in [-0.39, 0.29) is 12.8 Å². The van der Waals surface area contributed by atoms with Gasteiger partial charge in [0.15, 0.2) is 11.5 Å². The molecule has 0 amide bonds. The van der Waals surface area contributed by atoms with Crippen LogP contribution in [-0.4, -0.2) is 40.4 Å². The van der Waals surface area contributed by atoms with Crippen LogP contribution in [-0.2, 0) is 6.42 Å². The number of nitrogens with zero attached hydrogens (tertiary/aromatic N) is 4. The van der Waals surface area contributed by atoms with E-state index in [9.17, 15) is 0 Å². The van der Waals surface area contributed by atoms with Crippen LogP contribution < -0.4 is 19.1 Å². The van der Waals surface area contributed by atoms with E-state index in [0.717, 1.165) is 68.8 Å². The third-order valence-electron chi connectivity index (χ3n) is 7.78. The van der Waals surface area contributed by atoms with Crippen molar-refractivity contribution in [3.05, 3.63) is 101 Å². The molecule has 0 aliphatic carbocycles. The molecule has 9 heteroatoms. The fourth-order valence-electron chi connectivity index (χ4n) is 5.77. The van der Waals surface area contributed by atoms with Crippen molar-refractivity contribution in [3.63, 3.8) is 0 Å². The van der Waals surface area contributed by atoms with Crippen LogP contribution in [0.15, 0.2) is 84.5 Å². The largest absolute Gasteiger partial charge is 0.497 e. The molecule has 3 aromatic heterocycles. The van der Waals surface area contributed by atoms with Crippen molar-refractivity contribution in [2.24, 2.45) is 0 Å². The minimum absolute atomic E-state index is 0.104. The second kappa shape index (κ2) is 9.64. The highest BCUT2D eigenvalue weighted by Gasteiger charge is 2.34. The summed E-state index contributed by atoms with van der Waals surface area (Å²) in [4.78, 5) is 20.5. The number of hydrogen-bond donors (Lipinski definition) is 1. The molecule has 1 atom stereocenters. The number of thiazole rings is 1. The quantitative estimate of drug-likeness (QED) is 0.254. The van der Waals surface area contributed by atoms with Crippen LogP contribution in [0.2, 0.25) is 0 Å². The third kappa shape index (κ3) is 4.08. The van der Waals surface area contributed by atoms with Crippen LogP contribution in [0.25, 0.3) is 32.7 Å². The van der Waals surface area contributed by atoms with E-state index in [2.05, 4.69) is 51.7 Å². The Morgan fingerprint density at radius 1 is 0.951 bits per heavy atom. The van der Waals surface area contributed by atoms with Gasteiger partial charge in [0.1, 0.15) is 10.8 Å². The van der Waals surface area contributed by atoms with Crippen molar-refractivity contribution in [1.29, 1.82) is 0 Å². The summed E-state index contributed by atoms with van der Waals surface area (Å²) in [5.41, 5.74) is 7.58. The van der Waals surface area contributed by atoms with Crippen LogP contribution in [0.3, 0.4) is 0 Å². The van der Waals surface area contributed by atoms with Gasteiger partial charge in [-0.25, -0.2) is 15.0 Å². The minimum atomic E-state index is -0.104. The van der Waals surface area contributed by atoms with Crippen LogP contribution in [0.5, 0.6) is 17.2 Å². The zero-order valence-corrected chi connectivity index (χ0v) is 23.0. The Morgan fingerprint density at radius 2 is 1.78 bits per heavy atom. The van der Waals surface area contributed by atoms with Gasteiger partial charge in [0.2, 0.25) is 12.7 Å². The highest BCUT2D eigenvalue weighted by atomic mass is 32.1. The molecule has 3 aromatic carbocycles. The Morgan fingerprint density at radius 3 is 2.63 bits per heavy atom. The van der Waals surface area contributed by atoms with Crippen LogP contribution in [0.4, 0.5) is 5.95 Å². The van der Waals surface area contributed by atoms with Gasteiger partial charge in [-0.3, -0.25) is 0 Å². The lowest BCUT2D eigenvalue weighted by Gasteiger charge is -2.36. The molecule has 8 rings (SSSR count). The fraction of sp³-hybridized carbons (Fsp3) is 0.156. The topological polar surface area (TPSA) is 85.4 Å². The predicted octanol–water partition coefficient (Wildman–Crippen LogP) is 6.64. The molecule has 1 unspecified atom stereocenters. The summed E-state index contributed by atoms with van der Waals surface area (Å²) >= 11 is 1.58. The maximum Gasteiger partial charge on any atom is 0.231 e. The van der Waals surface area contributed by atoms with Gasteiger partial charge in [-0.05, 0) is 60.0 Å². The number of nitrogens with one attached hydrogen (secondary N) is 1. The lowest BCUT2D eigenvalue weighted by Crippen LogP contribution is -2.37. The number of H-pyrrole nitrogens is 1. The van der Waals surface area contributed by atoms with Gasteiger partial charge < -0.3 is 24.1 Å². The average Bonchev–Trinajstić information content (AvgIpc) is 3.79.